The van der Waals surface area contributed by atoms with E-state index in [4.69, 9.17) is 9.97 Å². The molecule has 5 nitrogen and oxygen atoms in total. The Balaban J connectivity index is 0.00000167. The summed E-state index contributed by atoms with van der Waals surface area (Å²) in [5, 5.41) is 0. The van der Waals surface area contributed by atoms with E-state index in [1.807, 2.05) is 39.0 Å². The second kappa shape index (κ2) is 11.2. The third-order valence-electron chi connectivity index (χ3n) is 5.49. The predicted octanol–water partition coefficient (Wildman–Crippen LogP) is 5.58. The van der Waals surface area contributed by atoms with Crippen LogP contribution in [0.15, 0.2) is 48.5 Å². The highest BCUT2D eigenvalue weighted by Crippen LogP contribution is 2.24. The van der Waals surface area contributed by atoms with Crippen LogP contribution in [0.5, 0.6) is 5.75 Å². The summed E-state index contributed by atoms with van der Waals surface area (Å²) in [6.45, 7) is 11.6. The van der Waals surface area contributed by atoms with Gasteiger partial charge >= 0.3 is 7.47 Å². The Hall–Kier alpha value is -3.68. The number of nitrogens with zero attached hydrogens (tertiary/aromatic N) is 2. The first-order valence-corrected chi connectivity index (χ1v) is 11.6. The number of ketones is 1. The maximum absolute atomic E-state index is 12.9. The third kappa shape index (κ3) is 6.07. The summed E-state index contributed by atoms with van der Waals surface area (Å²) in [7, 11) is -3.00. The Morgan fingerprint density at radius 3 is 2.29 bits per heavy atom. The molecule has 4 aromatic rings. The summed E-state index contributed by atoms with van der Waals surface area (Å²) in [4.78, 5) is 24.3. The molecule has 0 amide bonds. The molecule has 0 saturated heterocycles. The molecule has 0 bridgehead atoms. The van der Waals surface area contributed by atoms with Crippen LogP contribution in [-0.2, 0) is 0 Å². The van der Waals surface area contributed by atoms with Crippen molar-refractivity contribution in [3.63, 3.8) is 0 Å². The van der Waals surface area contributed by atoms with Gasteiger partial charge in [-0.3, -0.25) is 4.79 Å². The summed E-state index contributed by atoms with van der Waals surface area (Å²) < 4.78 is 30.4. The lowest BCUT2D eigenvalue weighted by atomic mass is 10.0. The highest BCUT2D eigenvalue weighted by Gasteiger charge is 2.21. The summed E-state index contributed by atoms with van der Waals surface area (Å²) in [6, 6.07) is 14.4. The molecule has 1 aromatic heterocycles. The number of hydrogen-bond acceptors (Lipinski definition) is 4. The number of benzene rings is 3. The van der Waals surface area contributed by atoms with Crippen molar-refractivity contribution in [3.05, 3.63) is 70.8 Å². The van der Waals surface area contributed by atoms with E-state index in [0.29, 0.717) is 17.0 Å². The zero-order valence-electron chi connectivity index (χ0n) is 20.8. The van der Waals surface area contributed by atoms with Crippen molar-refractivity contribution in [2.24, 2.45) is 0 Å². The minimum atomic E-state index is -3.00. The summed E-state index contributed by atoms with van der Waals surface area (Å²) in [5.41, 5.74) is 6.71. The average molecular weight is 476 g/mol. The van der Waals surface area contributed by atoms with Gasteiger partial charge in [-0.25, -0.2) is 23.6 Å². The number of aryl methyl sites for hydroxylation is 1. The zero-order chi connectivity index (χ0) is 25.7. The van der Waals surface area contributed by atoms with E-state index in [1.54, 1.807) is 18.3 Å². The van der Waals surface area contributed by atoms with Crippen molar-refractivity contribution < 1.29 is 23.1 Å². The first-order chi connectivity index (χ1) is 16.7. The first kappa shape index (κ1) is 25.9. The highest BCUT2D eigenvalue weighted by molar-refractivity contribution is 6.35. The molecule has 0 atom stereocenters. The van der Waals surface area contributed by atoms with Crippen molar-refractivity contribution >= 4 is 47.2 Å². The van der Waals surface area contributed by atoms with Crippen LogP contribution in [0.4, 0.5) is 14.3 Å². The van der Waals surface area contributed by atoms with Crippen LogP contribution in [0.3, 0.4) is 0 Å². The second-order valence-corrected chi connectivity index (χ2v) is 8.26. The molecular weight excluding hydrogens is 447 g/mol. The van der Waals surface area contributed by atoms with Gasteiger partial charge in [0.2, 0.25) is 5.69 Å². The van der Waals surface area contributed by atoms with Crippen LogP contribution in [0.2, 0.25) is 0 Å². The molecule has 1 heterocycles. The quantitative estimate of drug-likeness (QED) is 0.171. The second-order valence-electron chi connectivity index (χ2n) is 8.26. The van der Waals surface area contributed by atoms with Crippen molar-refractivity contribution in [1.29, 1.82) is 0 Å². The van der Waals surface area contributed by atoms with Gasteiger partial charge < -0.3 is 4.65 Å². The molecule has 3 aromatic carbocycles. The Morgan fingerprint density at radius 1 is 0.971 bits per heavy atom. The number of hydrogen-bond donors (Lipinski definition) is 1. The van der Waals surface area contributed by atoms with Gasteiger partial charge in [0.1, 0.15) is 5.75 Å². The number of carbonyl (C=O) groups excluding carboxylic acids is 1. The van der Waals surface area contributed by atoms with Gasteiger partial charge in [-0.2, -0.15) is 0 Å². The molecule has 8 heteroatoms. The molecule has 0 radical (unpaired) electrons. The van der Waals surface area contributed by atoms with Gasteiger partial charge in [-0.05, 0) is 55.7 Å². The van der Waals surface area contributed by atoms with Crippen LogP contribution >= 0.6 is 0 Å². The zero-order valence-corrected chi connectivity index (χ0v) is 20.8. The number of rotatable bonds is 6. The normalized spacial score (nSPS) is 11.1. The molecular formula is C27H29BF2N3O2+. The van der Waals surface area contributed by atoms with Crippen molar-refractivity contribution in [1.82, 2.24) is 9.97 Å². The van der Waals surface area contributed by atoms with E-state index >= 15 is 0 Å². The fraction of sp³-hybridized carbons (Fsp3) is 0.259. The average Bonchev–Trinajstić information content (AvgIpc) is 2.82. The number of nitrogens with one attached hydrogen (secondary N) is 1. The monoisotopic (exact) mass is 476 g/mol. The first-order valence-electron chi connectivity index (χ1n) is 11.6. The molecule has 180 valence electrons. The minimum Gasteiger partial charge on any atom is -0.504 e. The lowest BCUT2D eigenvalue weighted by Crippen LogP contribution is -2.62. The van der Waals surface area contributed by atoms with Crippen LogP contribution in [0, 0.1) is 6.92 Å². The van der Waals surface area contributed by atoms with E-state index in [0.717, 1.165) is 33.3 Å². The minimum absolute atomic E-state index is 0.0735. The van der Waals surface area contributed by atoms with Gasteiger partial charge in [0, 0.05) is 17.2 Å². The molecule has 0 unspecified atom stereocenters. The highest BCUT2D eigenvalue weighted by atomic mass is 19.2. The standard InChI is InChI=1S/C25H22BF2N3O2.C2H6/c1-14(2)17-7-8-20-23(10-17)31-24-12-21(15(3)9-22(24)30-20)29-13-19-6-5-18(16(4)32)11-25(19)33-26(27)28;1-2/h5-14H,1-4H3;1-2H3/p+1. The van der Waals surface area contributed by atoms with Gasteiger partial charge in [0.15, 0.2) is 12.0 Å². The van der Waals surface area contributed by atoms with Gasteiger partial charge in [-0.15, -0.1) is 0 Å². The maximum Gasteiger partial charge on any atom is 0.796 e. The summed E-state index contributed by atoms with van der Waals surface area (Å²) >= 11 is 0. The molecule has 0 aliphatic carbocycles. The fourth-order valence-electron chi connectivity index (χ4n) is 3.59. The number of Topliss-reactive ketones (excluding diaryl/α,β-unsaturated/α-hetero) is 1. The largest absolute Gasteiger partial charge is 0.796 e. The molecule has 0 aliphatic rings. The lowest BCUT2D eigenvalue weighted by molar-refractivity contribution is -0.347. The van der Waals surface area contributed by atoms with Crippen LogP contribution < -0.4 is 9.65 Å². The van der Waals surface area contributed by atoms with Gasteiger partial charge in [0.25, 0.3) is 0 Å². The Bertz CT molecular complexity index is 1400. The van der Waals surface area contributed by atoms with Gasteiger partial charge in [0.05, 0.1) is 27.6 Å². The molecule has 0 saturated carbocycles. The Kier molecular flexibility index (Phi) is 8.28. The van der Waals surface area contributed by atoms with Crippen molar-refractivity contribution in [3.8, 4) is 5.75 Å². The maximum atomic E-state index is 12.9. The number of fused-ring (bicyclic) bond motifs is 2. The molecule has 1 N–H and O–H groups in total. The van der Waals surface area contributed by atoms with E-state index < -0.39 is 7.47 Å². The van der Waals surface area contributed by atoms with Crippen molar-refractivity contribution in [2.45, 2.75) is 47.5 Å². The Labute approximate surface area is 204 Å². The smallest absolute Gasteiger partial charge is 0.504 e. The van der Waals surface area contributed by atoms with Gasteiger partial charge in [-0.1, -0.05) is 39.8 Å². The van der Waals surface area contributed by atoms with Crippen LogP contribution in [-0.4, -0.2) is 29.4 Å². The molecule has 0 spiro atoms. The third-order valence-corrected chi connectivity index (χ3v) is 5.49. The number of carbonyl (C=O) groups is 1. The summed E-state index contributed by atoms with van der Waals surface area (Å²) in [6.07, 6.45) is 1.57. The van der Waals surface area contributed by atoms with Crippen LogP contribution in [0.25, 0.3) is 22.1 Å². The van der Waals surface area contributed by atoms with Crippen molar-refractivity contribution in [2.75, 3.05) is 0 Å². The van der Waals surface area contributed by atoms with E-state index in [2.05, 4.69) is 35.6 Å². The van der Waals surface area contributed by atoms with E-state index in [9.17, 15) is 13.4 Å². The SMILES string of the molecule is CC.CC(=O)c1ccc(C=[NH+]c2cc3nc4cc(C(C)C)ccc4nc3cc2C)c(OB(F)F)c1. The van der Waals surface area contributed by atoms with Crippen LogP contribution in [0.1, 0.15) is 67.6 Å². The molecule has 0 aliphatic heterocycles. The topological polar surface area (TPSA) is 66.0 Å². The number of aromatic nitrogens is 2. The van der Waals surface area contributed by atoms with E-state index in [-0.39, 0.29) is 11.5 Å². The molecule has 0 fully saturated rings. The fourth-order valence-corrected chi connectivity index (χ4v) is 3.59. The predicted molar refractivity (Wildman–Crippen MR) is 138 cm³/mol. The summed E-state index contributed by atoms with van der Waals surface area (Å²) in [5.74, 6) is 0.0804. The van der Waals surface area contributed by atoms with E-state index in [1.165, 1.54) is 18.6 Å². The lowest BCUT2D eigenvalue weighted by Gasteiger charge is -2.08. The Morgan fingerprint density at radius 2 is 1.63 bits per heavy atom. The molecule has 4 rings (SSSR count). The number of halogens is 2. The molecule has 35 heavy (non-hydrogen) atoms.